The molecule has 0 saturated carbocycles. The molecule has 4 heterocycles. The molecule has 2 atom stereocenters. The van der Waals surface area contributed by atoms with Crippen molar-refractivity contribution in [2.75, 3.05) is 78.6 Å². The number of ether oxygens (including phenoxy) is 3. The van der Waals surface area contributed by atoms with Crippen molar-refractivity contribution in [1.29, 1.82) is 0 Å². The Hall–Kier alpha value is -2.42. The Morgan fingerprint density at radius 1 is 0.920 bits per heavy atom. The average molecular weight is 739 g/mol. The normalized spacial score (nSPS) is 25.1. The van der Waals surface area contributed by atoms with E-state index in [-0.39, 0.29) is 10.6 Å². The first kappa shape index (κ1) is 40.4. The summed E-state index contributed by atoms with van der Waals surface area (Å²) in [6, 6.07) is 11.3. The van der Waals surface area contributed by atoms with E-state index in [1.165, 1.54) is 63.8 Å². The molecule has 2 aromatic carbocycles. The maximum absolute atomic E-state index is 14.2. The van der Waals surface area contributed by atoms with Crippen molar-refractivity contribution in [3.63, 3.8) is 0 Å². The Morgan fingerprint density at radius 2 is 1.46 bits per heavy atom. The maximum atomic E-state index is 14.2. The third-order valence-electron chi connectivity index (χ3n) is 10.9. The zero-order valence-corrected chi connectivity index (χ0v) is 32.2. The van der Waals surface area contributed by atoms with E-state index in [2.05, 4.69) is 18.7 Å². The topological polar surface area (TPSA) is 142 Å². The standard InChI is InChI=1S/C36H55N2O6S.CH4O3S/c1-5-7-15-36(16-8-6-2)27-45(40,41)33-26-32(43-4)31(42-3)25-30(33)34(35(36)39)28-11-13-29(14-12-28)44-24-10-9-20-38-21-17-37(18-22-38)19-23-38;1-5(2,3)4/h11-14,25-26,34-35,39H,5-10,15-24,27H2,1-4H3;1H3,(H,2,3,4)/q+1;/p-1/t34-,35-;/m1./s1. The van der Waals surface area contributed by atoms with Crippen LogP contribution in [0.3, 0.4) is 0 Å². The number of nitrogens with zero attached hydrogens (tertiary/aromatic N) is 2. The summed E-state index contributed by atoms with van der Waals surface area (Å²) in [5, 5.41) is 12.4. The monoisotopic (exact) mass is 738 g/mol. The lowest BCUT2D eigenvalue weighted by Gasteiger charge is -2.50. The number of hydrogen-bond acceptors (Lipinski definition) is 10. The fourth-order valence-electron chi connectivity index (χ4n) is 8.02. The van der Waals surface area contributed by atoms with Gasteiger partial charge in [-0.3, -0.25) is 4.90 Å². The zero-order valence-electron chi connectivity index (χ0n) is 30.6. The SMILES string of the molecule is CCCCC1(CCCC)CS(=O)(=O)c2cc(OC)c(OC)cc2[C@@H](c2ccc(OCCCC[N+]34CCN(CC3)CC4)cc2)[C@H]1O.CS(=O)(=O)[O-]. The molecule has 50 heavy (non-hydrogen) atoms. The van der Waals surface area contributed by atoms with Gasteiger partial charge in [0.1, 0.15) is 5.75 Å². The van der Waals surface area contributed by atoms with Gasteiger partial charge in [0.2, 0.25) is 0 Å². The second-order valence-corrected chi connectivity index (χ2v) is 17.8. The molecule has 13 heteroatoms. The summed E-state index contributed by atoms with van der Waals surface area (Å²) in [6.45, 7) is 13.7. The first-order valence-corrected chi connectivity index (χ1v) is 21.5. The first-order valence-electron chi connectivity index (χ1n) is 18.1. The molecular weight excluding hydrogens is 681 g/mol. The Bertz CT molecular complexity index is 1580. The highest BCUT2D eigenvalue weighted by Crippen LogP contribution is 2.51. The summed E-state index contributed by atoms with van der Waals surface area (Å²) in [5.74, 6) is 0.996. The third kappa shape index (κ3) is 10.1. The van der Waals surface area contributed by atoms with E-state index in [0.29, 0.717) is 42.8 Å². The highest BCUT2D eigenvalue weighted by Gasteiger charge is 2.50. The summed E-state index contributed by atoms with van der Waals surface area (Å²) < 4.78 is 74.2. The molecule has 4 aliphatic heterocycles. The van der Waals surface area contributed by atoms with Crippen LogP contribution in [0.5, 0.6) is 17.2 Å². The van der Waals surface area contributed by atoms with Gasteiger partial charge < -0.3 is 28.4 Å². The van der Waals surface area contributed by atoms with Crippen molar-refractivity contribution in [2.45, 2.75) is 82.1 Å². The van der Waals surface area contributed by atoms with Crippen LogP contribution in [0.1, 0.15) is 82.3 Å². The fraction of sp³-hybridized carbons (Fsp3) is 0.676. The number of methoxy groups -OCH3 is 2. The van der Waals surface area contributed by atoms with Gasteiger partial charge in [0, 0.05) is 43.3 Å². The fourth-order valence-corrected chi connectivity index (χ4v) is 10.2. The smallest absolute Gasteiger partial charge is 0.179 e. The number of piperazine rings is 3. The van der Waals surface area contributed by atoms with E-state index in [9.17, 15) is 13.5 Å². The minimum atomic E-state index is -3.92. The van der Waals surface area contributed by atoms with Crippen LogP contribution < -0.4 is 14.2 Å². The number of unbranched alkanes of at least 4 members (excludes halogenated alkanes) is 3. The summed E-state index contributed by atoms with van der Waals surface area (Å²) in [7, 11) is -4.59. The van der Waals surface area contributed by atoms with E-state index in [0.717, 1.165) is 43.4 Å². The van der Waals surface area contributed by atoms with Crippen molar-refractivity contribution in [1.82, 2.24) is 4.90 Å². The Balaban J connectivity index is 0.00000105. The highest BCUT2D eigenvalue weighted by molar-refractivity contribution is 7.91. The summed E-state index contributed by atoms with van der Waals surface area (Å²) in [6.07, 6.45) is 6.80. The van der Waals surface area contributed by atoms with Crippen LogP contribution in [0.2, 0.25) is 0 Å². The number of sulfone groups is 1. The number of fused-ring (bicyclic) bond motifs is 4. The van der Waals surface area contributed by atoms with E-state index in [1.54, 1.807) is 19.2 Å². The highest BCUT2D eigenvalue weighted by atomic mass is 32.2. The van der Waals surface area contributed by atoms with E-state index >= 15 is 0 Å². The number of quaternary nitrogens is 1. The molecule has 3 saturated heterocycles. The number of benzene rings is 2. The third-order valence-corrected chi connectivity index (χ3v) is 12.8. The molecule has 11 nitrogen and oxygen atoms in total. The van der Waals surface area contributed by atoms with Gasteiger partial charge in [-0.2, -0.15) is 0 Å². The molecule has 6 rings (SSSR count). The van der Waals surface area contributed by atoms with Crippen LogP contribution >= 0.6 is 0 Å². The summed E-state index contributed by atoms with van der Waals surface area (Å²) >= 11 is 0. The van der Waals surface area contributed by atoms with Gasteiger partial charge in [-0.25, -0.2) is 16.8 Å². The van der Waals surface area contributed by atoms with Crippen molar-refractivity contribution < 1.29 is 45.2 Å². The first-order chi connectivity index (χ1) is 23.7. The largest absolute Gasteiger partial charge is 0.748 e. The molecule has 1 N–H and O–H groups in total. The van der Waals surface area contributed by atoms with Crippen LogP contribution in [-0.2, 0) is 20.0 Å². The van der Waals surface area contributed by atoms with Gasteiger partial charge in [0.25, 0.3) is 0 Å². The van der Waals surface area contributed by atoms with Gasteiger partial charge in [-0.1, -0.05) is 51.7 Å². The maximum Gasteiger partial charge on any atom is 0.179 e. The minimum absolute atomic E-state index is 0.0837. The number of rotatable bonds is 15. The molecular formula is C37H58N2O9S2. The summed E-state index contributed by atoms with van der Waals surface area (Å²) in [4.78, 5) is 2.81. The molecule has 3 fully saturated rings. The quantitative estimate of drug-likeness (QED) is 0.154. The molecule has 4 aliphatic rings. The molecule has 0 amide bonds. The molecule has 0 unspecified atom stereocenters. The van der Waals surface area contributed by atoms with Gasteiger partial charge in [-0.15, -0.1) is 0 Å². The number of hydrogen-bond donors (Lipinski definition) is 1. The van der Waals surface area contributed by atoms with Crippen molar-refractivity contribution in [2.24, 2.45) is 5.41 Å². The van der Waals surface area contributed by atoms with Crippen molar-refractivity contribution in [3.05, 3.63) is 47.5 Å². The van der Waals surface area contributed by atoms with Crippen LogP contribution in [0.15, 0.2) is 41.3 Å². The molecule has 0 aromatic heterocycles. The predicted octanol–water partition coefficient (Wildman–Crippen LogP) is 4.82. The zero-order chi connectivity index (χ0) is 36.6. The second-order valence-electron chi connectivity index (χ2n) is 14.4. The van der Waals surface area contributed by atoms with Crippen LogP contribution in [0.25, 0.3) is 0 Å². The average Bonchev–Trinajstić information content (AvgIpc) is 3.16. The minimum Gasteiger partial charge on any atom is -0.748 e. The van der Waals surface area contributed by atoms with Gasteiger partial charge in [-0.05, 0) is 55.0 Å². The molecule has 2 aromatic rings. The van der Waals surface area contributed by atoms with Gasteiger partial charge >= 0.3 is 0 Å². The Morgan fingerprint density at radius 3 is 1.98 bits per heavy atom. The lowest BCUT2D eigenvalue weighted by Crippen LogP contribution is -2.67. The van der Waals surface area contributed by atoms with Crippen LogP contribution in [-0.4, -0.2) is 121 Å². The lowest BCUT2D eigenvalue weighted by molar-refractivity contribution is -0.941. The van der Waals surface area contributed by atoms with Crippen LogP contribution in [0.4, 0.5) is 0 Å². The van der Waals surface area contributed by atoms with E-state index in [1.807, 2.05) is 24.3 Å². The molecule has 0 radical (unpaired) electrons. The van der Waals surface area contributed by atoms with Gasteiger partial charge in [0.15, 0.2) is 21.3 Å². The summed E-state index contributed by atoms with van der Waals surface area (Å²) in [5.41, 5.74) is 0.671. The van der Waals surface area contributed by atoms with Gasteiger partial charge in [0.05, 0.1) is 73.9 Å². The Kier molecular flexibility index (Phi) is 14.0. The Labute approximate surface area is 300 Å². The van der Waals surface area contributed by atoms with Crippen molar-refractivity contribution >= 4 is 20.0 Å². The number of aliphatic hydroxyl groups is 1. The molecule has 0 aliphatic carbocycles. The van der Waals surface area contributed by atoms with Crippen LogP contribution in [0, 0.1) is 5.41 Å². The lowest BCUT2D eigenvalue weighted by atomic mass is 9.68. The molecule has 282 valence electrons. The predicted molar refractivity (Wildman–Crippen MR) is 194 cm³/mol. The van der Waals surface area contributed by atoms with E-state index in [4.69, 9.17) is 27.2 Å². The molecule has 2 bridgehead atoms. The van der Waals surface area contributed by atoms with Crippen molar-refractivity contribution in [3.8, 4) is 17.2 Å². The van der Waals surface area contributed by atoms with E-state index < -0.39 is 37.4 Å². The molecule has 0 spiro atoms. The second kappa shape index (κ2) is 17.4. The number of aliphatic hydroxyl groups excluding tert-OH is 1.